The van der Waals surface area contributed by atoms with E-state index < -0.39 is 0 Å². The molecule has 33 heavy (non-hydrogen) atoms. The fourth-order valence-corrected chi connectivity index (χ4v) is 4.22. The van der Waals surface area contributed by atoms with Gasteiger partial charge in [-0.2, -0.15) is 0 Å². The molecule has 1 aromatic heterocycles. The number of aryl methyl sites for hydroxylation is 2. The number of benzene rings is 2. The summed E-state index contributed by atoms with van der Waals surface area (Å²) >= 11 is 0. The fraction of sp³-hybridized carbons (Fsp3) is 0.407. The lowest BCUT2D eigenvalue weighted by Gasteiger charge is -2.32. The number of ether oxygens (including phenoxy) is 2. The van der Waals surface area contributed by atoms with Crippen LogP contribution in [0.5, 0.6) is 5.75 Å². The number of fused-ring (bicyclic) bond motifs is 2. The third kappa shape index (κ3) is 4.90. The van der Waals surface area contributed by atoms with E-state index >= 15 is 0 Å². The Bertz CT molecular complexity index is 1200. The molecule has 0 saturated heterocycles. The first kappa shape index (κ1) is 22.9. The van der Waals surface area contributed by atoms with Gasteiger partial charge in [0.05, 0.1) is 12.2 Å². The van der Waals surface area contributed by atoms with Gasteiger partial charge >= 0.3 is 11.6 Å². The predicted molar refractivity (Wildman–Crippen MR) is 129 cm³/mol. The monoisotopic (exact) mass is 449 g/mol. The molecule has 0 spiro atoms. The van der Waals surface area contributed by atoms with E-state index in [0.29, 0.717) is 31.0 Å². The zero-order chi connectivity index (χ0) is 23.4. The summed E-state index contributed by atoms with van der Waals surface area (Å²) in [6.07, 6.45) is 4.78. The van der Waals surface area contributed by atoms with Crippen LogP contribution in [0.4, 0.5) is 5.69 Å². The van der Waals surface area contributed by atoms with Gasteiger partial charge in [-0.3, -0.25) is 0 Å². The zero-order valence-corrected chi connectivity index (χ0v) is 19.6. The SMILES string of the molecule is CCCCOC(=O)c1ccc(N2COc3c(cc4c(CCCC)cc(=O)oc4c3C)C2)cc1. The second-order valence-electron chi connectivity index (χ2n) is 8.57. The number of nitrogens with zero attached hydrogens (tertiary/aromatic N) is 1. The Morgan fingerprint density at radius 3 is 2.58 bits per heavy atom. The molecule has 1 aliphatic rings. The van der Waals surface area contributed by atoms with Crippen molar-refractivity contribution < 1.29 is 18.7 Å². The maximum Gasteiger partial charge on any atom is 0.338 e. The normalized spacial score (nSPS) is 13.0. The fourth-order valence-electron chi connectivity index (χ4n) is 4.22. The van der Waals surface area contributed by atoms with Crippen molar-refractivity contribution in [3.8, 4) is 5.75 Å². The van der Waals surface area contributed by atoms with E-state index in [2.05, 4.69) is 24.8 Å². The molecule has 0 aliphatic carbocycles. The lowest BCUT2D eigenvalue weighted by Crippen LogP contribution is -2.32. The molecular formula is C27H31NO5. The lowest BCUT2D eigenvalue weighted by atomic mass is 9.98. The van der Waals surface area contributed by atoms with Crippen LogP contribution < -0.4 is 15.3 Å². The molecule has 0 amide bonds. The average Bonchev–Trinajstić information content (AvgIpc) is 2.83. The van der Waals surface area contributed by atoms with Crippen molar-refractivity contribution in [1.82, 2.24) is 0 Å². The highest BCUT2D eigenvalue weighted by Crippen LogP contribution is 2.37. The van der Waals surface area contributed by atoms with Gasteiger partial charge in [-0.25, -0.2) is 9.59 Å². The molecule has 0 N–H and O–H groups in total. The molecule has 6 heteroatoms. The number of esters is 1. The Kier molecular flexibility index (Phi) is 7.02. The number of carbonyl (C=O) groups is 1. The van der Waals surface area contributed by atoms with Crippen LogP contribution in [0.3, 0.4) is 0 Å². The predicted octanol–water partition coefficient (Wildman–Crippen LogP) is 5.76. The molecule has 4 rings (SSSR count). The van der Waals surface area contributed by atoms with Crippen molar-refractivity contribution in [3.05, 3.63) is 69.1 Å². The van der Waals surface area contributed by atoms with Crippen LogP contribution in [-0.4, -0.2) is 19.3 Å². The summed E-state index contributed by atoms with van der Waals surface area (Å²) in [5.41, 5.74) is 4.76. The molecule has 0 radical (unpaired) electrons. The van der Waals surface area contributed by atoms with Crippen LogP contribution in [0.1, 0.15) is 66.6 Å². The van der Waals surface area contributed by atoms with Gasteiger partial charge in [-0.15, -0.1) is 0 Å². The van der Waals surface area contributed by atoms with Crippen molar-refractivity contribution in [2.45, 2.75) is 59.4 Å². The number of rotatable bonds is 8. The number of hydrogen-bond acceptors (Lipinski definition) is 6. The molecule has 2 aromatic carbocycles. The van der Waals surface area contributed by atoms with Gasteiger partial charge < -0.3 is 18.8 Å². The van der Waals surface area contributed by atoms with E-state index in [-0.39, 0.29) is 11.6 Å². The minimum Gasteiger partial charge on any atom is -0.472 e. The molecule has 0 fully saturated rings. The van der Waals surface area contributed by atoms with Crippen LogP contribution >= 0.6 is 0 Å². The summed E-state index contributed by atoms with van der Waals surface area (Å²) in [5, 5.41) is 0.981. The van der Waals surface area contributed by atoms with Gasteiger partial charge in [0.2, 0.25) is 0 Å². The molecule has 174 valence electrons. The standard InChI is InChI=1S/C27H31NO5/c1-4-6-8-20-15-24(29)33-26-18(3)25-21(14-23(20)26)16-28(17-32-25)22-11-9-19(10-12-22)27(30)31-13-7-5-2/h9-12,14-15H,4-8,13,16-17H2,1-3H3. The largest absolute Gasteiger partial charge is 0.472 e. The Morgan fingerprint density at radius 2 is 1.85 bits per heavy atom. The summed E-state index contributed by atoms with van der Waals surface area (Å²) in [7, 11) is 0. The first-order valence-corrected chi connectivity index (χ1v) is 11.8. The zero-order valence-electron chi connectivity index (χ0n) is 19.6. The second-order valence-corrected chi connectivity index (χ2v) is 8.57. The first-order chi connectivity index (χ1) is 16.0. The maximum atomic E-state index is 12.2. The van der Waals surface area contributed by atoms with Gasteiger partial charge in [-0.1, -0.05) is 26.7 Å². The molecule has 2 heterocycles. The number of carbonyl (C=O) groups excluding carboxylic acids is 1. The summed E-state index contributed by atoms with van der Waals surface area (Å²) in [5.74, 6) is 0.490. The van der Waals surface area contributed by atoms with E-state index in [1.165, 1.54) is 0 Å². The van der Waals surface area contributed by atoms with E-state index in [1.807, 2.05) is 19.1 Å². The molecule has 3 aromatic rings. The van der Waals surface area contributed by atoms with E-state index in [9.17, 15) is 9.59 Å². The van der Waals surface area contributed by atoms with Crippen LogP contribution in [0.15, 0.2) is 45.6 Å². The highest BCUT2D eigenvalue weighted by atomic mass is 16.5. The lowest BCUT2D eigenvalue weighted by molar-refractivity contribution is 0.0500. The van der Waals surface area contributed by atoms with Crippen molar-refractivity contribution in [1.29, 1.82) is 0 Å². The molecule has 0 unspecified atom stereocenters. The highest BCUT2D eigenvalue weighted by Gasteiger charge is 2.23. The van der Waals surface area contributed by atoms with Gasteiger partial charge in [0.25, 0.3) is 0 Å². The Labute approximate surface area is 194 Å². The summed E-state index contributed by atoms with van der Waals surface area (Å²) < 4.78 is 17.0. The quantitative estimate of drug-likeness (QED) is 0.247. The van der Waals surface area contributed by atoms with Crippen LogP contribution in [0.2, 0.25) is 0 Å². The molecule has 1 aliphatic heterocycles. The second kappa shape index (κ2) is 10.1. The van der Waals surface area contributed by atoms with Gasteiger partial charge in [0.1, 0.15) is 11.3 Å². The smallest absolute Gasteiger partial charge is 0.338 e. The summed E-state index contributed by atoms with van der Waals surface area (Å²) in [4.78, 5) is 26.4. The van der Waals surface area contributed by atoms with Gasteiger partial charge in [0, 0.05) is 34.8 Å². The molecule has 6 nitrogen and oxygen atoms in total. The minimum absolute atomic E-state index is 0.293. The topological polar surface area (TPSA) is 69.0 Å². The molecule has 0 saturated carbocycles. The summed E-state index contributed by atoms with van der Waals surface area (Å²) in [6.45, 7) is 7.64. The highest BCUT2D eigenvalue weighted by molar-refractivity contribution is 5.90. The van der Waals surface area contributed by atoms with Crippen molar-refractivity contribution in [3.63, 3.8) is 0 Å². The Balaban J connectivity index is 1.59. The van der Waals surface area contributed by atoms with Gasteiger partial charge in [-0.05, 0) is 62.1 Å². The third-order valence-corrected chi connectivity index (χ3v) is 6.10. The van der Waals surface area contributed by atoms with Crippen LogP contribution in [0.25, 0.3) is 11.0 Å². The van der Waals surface area contributed by atoms with E-state index in [1.54, 1.807) is 18.2 Å². The maximum absolute atomic E-state index is 12.2. The number of hydrogen-bond donors (Lipinski definition) is 0. The minimum atomic E-state index is -0.317. The molecule has 0 bridgehead atoms. The van der Waals surface area contributed by atoms with Crippen LogP contribution in [0, 0.1) is 6.92 Å². The van der Waals surface area contributed by atoms with Gasteiger partial charge in [0.15, 0.2) is 6.73 Å². The van der Waals surface area contributed by atoms with E-state index in [0.717, 1.165) is 65.6 Å². The Morgan fingerprint density at radius 1 is 1.09 bits per heavy atom. The summed E-state index contributed by atoms with van der Waals surface area (Å²) in [6, 6.07) is 11.1. The molecular weight excluding hydrogens is 418 g/mol. The van der Waals surface area contributed by atoms with Crippen molar-refractivity contribution in [2.75, 3.05) is 18.2 Å². The Hall–Kier alpha value is -3.28. The van der Waals surface area contributed by atoms with Crippen molar-refractivity contribution >= 4 is 22.6 Å². The number of unbranched alkanes of at least 4 members (excludes halogenated alkanes) is 2. The third-order valence-electron chi connectivity index (χ3n) is 6.10. The van der Waals surface area contributed by atoms with Crippen LogP contribution in [-0.2, 0) is 17.7 Å². The molecule has 0 atom stereocenters. The average molecular weight is 450 g/mol. The first-order valence-electron chi connectivity index (χ1n) is 11.8. The number of anilines is 1. The van der Waals surface area contributed by atoms with E-state index in [4.69, 9.17) is 13.9 Å². The van der Waals surface area contributed by atoms with Crippen molar-refractivity contribution in [2.24, 2.45) is 0 Å².